The number of benzene rings is 2. The zero-order valence-corrected chi connectivity index (χ0v) is 25.5. The first-order valence-electron chi connectivity index (χ1n) is 14.1. The van der Waals surface area contributed by atoms with Gasteiger partial charge in [-0.2, -0.15) is 4.31 Å². The fourth-order valence-electron chi connectivity index (χ4n) is 4.91. The summed E-state index contributed by atoms with van der Waals surface area (Å²) < 4.78 is 40.7. The van der Waals surface area contributed by atoms with Gasteiger partial charge in [-0.3, -0.25) is 14.5 Å². The van der Waals surface area contributed by atoms with Crippen LogP contribution in [0.15, 0.2) is 54.6 Å². The molecule has 1 heterocycles. The van der Waals surface area contributed by atoms with Gasteiger partial charge >= 0.3 is 0 Å². The number of halogens is 1. The molecular formula is C30H44FN5O4S. The van der Waals surface area contributed by atoms with Gasteiger partial charge in [0.1, 0.15) is 11.7 Å². The normalized spacial score (nSPS) is 18.4. The second-order valence-electron chi connectivity index (χ2n) is 11.9. The fraction of sp³-hybridized carbons (Fsp3) is 0.533. The van der Waals surface area contributed by atoms with Crippen LogP contribution >= 0.6 is 0 Å². The Labute approximate surface area is 243 Å². The number of carbonyl (C=O) groups excluding carboxylic acids is 2. The molecule has 226 valence electrons. The Morgan fingerprint density at radius 3 is 2.24 bits per heavy atom. The van der Waals surface area contributed by atoms with Gasteiger partial charge in [-0.15, -0.1) is 0 Å². The van der Waals surface area contributed by atoms with Crippen molar-refractivity contribution in [3.8, 4) is 0 Å². The number of anilines is 1. The van der Waals surface area contributed by atoms with Gasteiger partial charge in [-0.05, 0) is 62.4 Å². The molecule has 4 N–H and O–H groups in total. The molecule has 1 aliphatic heterocycles. The molecule has 2 aromatic rings. The van der Waals surface area contributed by atoms with Crippen LogP contribution in [0.1, 0.15) is 46.6 Å². The summed E-state index contributed by atoms with van der Waals surface area (Å²) in [6.45, 7) is 10.4. The lowest BCUT2D eigenvalue weighted by atomic mass is 9.91. The second kappa shape index (κ2) is 13.9. The average Bonchev–Trinajstić information content (AvgIpc) is 2.90. The van der Waals surface area contributed by atoms with E-state index < -0.39 is 39.4 Å². The van der Waals surface area contributed by atoms with Crippen LogP contribution in [0.25, 0.3) is 0 Å². The molecule has 0 aliphatic carbocycles. The number of nitrogens with two attached hydrogens (primary N) is 1. The molecule has 1 saturated heterocycles. The Morgan fingerprint density at radius 1 is 1.02 bits per heavy atom. The molecule has 0 aromatic heterocycles. The molecule has 1 aliphatic rings. The fourth-order valence-corrected chi connectivity index (χ4v) is 6.81. The number of hydrogen-bond donors (Lipinski definition) is 3. The van der Waals surface area contributed by atoms with E-state index in [4.69, 9.17) is 5.73 Å². The molecule has 2 aromatic carbocycles. The first kappa shape index (κ1) is 32.7. The predicted molar refractivity (Wildman–Crippen MR) is 160 cm³/mol. The van der Waals surface area contributed by atoms with E-state index in [9.17, 15) is 22.4 Å². The minimum atomic E-state index is -3.54. The molecule has 3 rings (SSSR count). The van der Waals surface area contributed by atoms with Gasteiger partial charge in [0.25, 0.3) is 0 Å². The van der Waals surface area contributed by atoms with Crippen molar-refractivity contribution < 1.29 is 22.4 Å². The highest BCUT2D eigenvalue weighted by atomic mass is 32.2. The number of hydrogen-bond acceptors (Lipinski definition) is 6. The van der Waals surface area contributed by atoms with E-state index in [-0.39, 0.29) is 30.0 Å². The van der Waals surface area contributed by atoms with Crippen LogP contribution in [0.5, 0.6) is 0 Å². The third kappa shape index (κ3) is 9.06. The van der Waals surface area contributed by atoms with E-state index >= 15 is 0 Å². The molecule has 1 fully saturated rings. The van der Waals surface area contributed by atoms with Crippen molar-refractivity contribution in [2.75, 3.05) is 30.8 Å². The van der Waals surface area contributed by atoms with E-state index in [0.29, 0.717) is 31.7 Å². The smallest absolute Gasteiger partial charge is 0.240 e. The average molecular weight is 590 g/mol. The maximum absolute atomic E-state index is 13.7. The van der Waals surface area contributed by atoms with Crippen molar-refractivity contribution in [3.05, 3.63) is 66.0 Å². The van der Waals surface area contributed by atoms with E-state index in [1.54, 1.807) is 25.7 Å². The first-order valence-corrected chi connectivity index (χ1v) is 15.7. The number of nitrogens with zero attached hydrogens (tertiary/aromatic N) is 2. The molecule has 2 amide bonds. The van der Waals surface area contributed by atoms with Crippen molar-refractivity contribution in [2.24, 2.45) is 17.6 Å². The molecule has 11 heteroatoms. The molecule has 3 atom stereocenters. The highest BCUT2D eigenvalue weighted by Crippen LogP contribution is 2.23. The largest absolute Gasteiger partial charge is 0.350 e. The summed E-state index contributed by atoms with van der Waals surface area (Å²) in [5, 5.41) is 5.86. The number of carbonyl (C=O) groups is 2. The number of amides is 2. The lowest BCUT2D eigenvalue weighted by Gasteiger charge is -2.43. The van der Waals surface area contributed by atoms with Gasteiger partial charge in [-0.25, -0.2) is 12.8 Å². The Morgan fingerprint density at radius 2 is 1.66 bits per heavy atom. The van der Waals surface area contributed by atoms with Crippen LogP contribution < -0.4 is 16.4 Å². The van der Waals surface area contributed by atoms with Crippen molar-refractivity contribution in [1.29, 1.82) is 0 Å². The van der Waals surface area contributed by atoms with Crippen molar-refractivity contribution in [1.82, 2.24) is 14.5 Å². The predicted octanol–water partition coefficient (Wildman–Crippen LogP) is 3.18. The van der Waals surface area contributed by atoms with E-state index in [1.165, 1.54) is 28.6 Å². The van der Waals surface area contributed by atoms with E-state index in [0.717, 1.165) is 5.56 Å². The Bertz CT molecular complexity index is 1270. The topological polar surface area (TPSA) is 125 Å². The van der Waals surface area contributed by atoms with Crippen LogP contribution in [0.2, 0.25) is 0 Å². The number of rotatable bonds is 12. The quantitative estimate of drug-likeness (QED) is 0.349. The van der Waals surface area contributed by atoms with Gasteiger partial charge in [0.05, 0.1) is 5.54 Å². The molecule has 0 saturated carbocycles. The summed E-state index contributed by atoms with van der Waals surface area (Å²) in [5.41, 5.74) is 6.98. The van der Waals surface area contributed by atoms with Gasteiger partial charge in [0, 0.05) is 43.3 Å². The van der Waals surface area contributed by atoms with Gasteiger partial charge in [-0.1, -0.05) is 51.1 Å². The van der Waals surface area contributed by atoms with Crippen molar-refractivity contribution >= 4 is 27.5 Å². The lowest BCUT2D eigenvalue weighted by Crippen LogP contribution is -2.64. The summed E-state index contributed by atoms with van der Waals surface area (Å²) in [6.07, 6.45) is 0.726. The molecule has 0 radical (unpaired) electrons. The SMILES string of the molecule is CC(C)CN1CCN(C(C)(C)C(=O)N[C@@H](Cc2ccccc2)[C@@H](N)C[C@@H](C)C(=O)Nc2ccc(F)cc2)CS1(=O)=O. The van der Waals surface area contributed by atoms with Gasteiger partial charge in [0.15, 0.2) is 0 Å². The maximum atomic E-state index is 13.7. The summed E-state index contributed by atoms with van der Waals surface area (Å²) >= 11 is 0. The van der Waals surface area contributed by atoms with E-state index in [1.807, 2.05) is 44.2 Å². The summed E-state index contributed by atoms with van der Waals surface area (Å²) in [5.74, 6) is -1.51. The summed E-state index contributed by atoms with van der Waals surface area (Å²) in [4.78, 5) is 28.2. The summed E-state index contributed by atoms with van der Waals surface area (Å²) in [6, 6.07) is 14.1. The van der Waals surface area contributed by atoms with Gasteiger partial charge < -0.3 is 16.4 Å². The van der Waals surface area contributed by atoms with Crippen LogP contribution in [0, 0.1) is 17.7 Å². The number of sulfonamides is 1. The number of nitrogens with one attached hydrogen (secondary N) is 2. The van der Waals surface area contributed by atoms with Crippen LogP contribution in [0.3, 0.4) is 0 Å². The Kier molecular flexibility index (Phi) is 11.0. The summed E-state index contributed by atoms with van der Waals surface area (Å²) in [7, 11) is -3.54. The third-order valence-corrected chi connectivity index (χ3v) is 9.32. The van der Waals surface area contributed by atoms with Crippen molar-refractivity contribution in [3.63, 3.8) is 0 Å². The molecular weight excluding hydrogens is 545 g/mol. The maximum Gasteiger partial charge on any atom is 0.240 e. The first-order chi connectivity index (χ1) is 19.2. The molecule has 0 spiro atoms. The standard InChI is InChI=1S/C30H44FN5O4S/c1-21(2)19-36-16-15-35(20-41(36,39)40)30(4,5)29(38)34-27(18-23-9-7-6-8-10-23)26(32)17-22(3)28(37)33-25-13-11-24(31)12-14-25/h6-14,21-22,26-27H,15-20,32H2,1-5H3,(H,33,37)(H,34,38)/t22-,26+,27+/m1/s1. The third-order valence-electron chi connectivity index (χ3n) is 7.56. The zero-order valence-electron chi connectivity index (χ0n) is 24.6. The second-order valence-corrected chi connectivity index (χ2v) is 13.8. The molecule has 9 nitrogen and oxygen atoms in total. The highest BCUT2D eigenvalue weighted by molar-refractivity contribution is 7.89. The molecule has 0 bridgehead atoms. The van der Waals surface area contributed by atoms with Crippen LogP contribution in [-0.4, -0.2) is 72.6 Å². The monoisotopic (exact) mass is 589 g/mol. The van der Waals surface area contributed by atoms with Crippen molar-refractivity contribution in [2.45, 2.75) is 65.1 Å². The zero-order chi connectivity index (χ0) is 30.4. The van der Waals surface area contributed by atoms with E-state index in [2.05, 4.69) is 10.6 Å². The van der Waals surface area contributed by atoms with Crippen LogP contribution in [0.4, 0.5) is 10.1 Å². The Balaban J connectivity index is 1.72. The molecule has 0 unspecified atom stereocenters. The minimum absolute atomic E-state index is 0.202. The minimum Gasteiger partial charge on any atom is -0.350 e. The lowest BCUT2D eigenvalue weighted by molar-refractivity contribution is -0.132. The van der Waals surface area contributed by atoms with Crippen LogP contribution in [-0.2, 0) is 26.0 Å². The van der Waals surface area contributed by atoms with Gasteiger partial charge in [0.2, 0.25) is 21.8 Å². The molecule has 41 heavy (non-hydrogen) atoms. The highest BCUT2D eigenvalue weighted by Gasteiger charge is 2.42. The Hall–Kier alpha value is -2.86.